The van der Waals surface area contributed by atoms with Crippen LogP contribution in [0.15, 0.2) is 48.6 Å². The number of fused-ring (bicyclic) bond motifs is 3. The van der Waals surface area contributed by atoms with Crippen LogP contribution in [-0.2, 0) is 32.5 Å². The first-order chi connectivity index (χ1) is 26.5. The predicted molar refractivity (Wildman–Crippen MR) is 219 cm³/mol. The third kappa shape index (κ3) is 8.59. The van der Waals surface area contributed by atoms with Crippen molar-refractivity contribution in [3.8, 4) is 5.75 Å². The van der Waals surface area contributed by atoms with Gasteiger partial charge in [0.05, 0.1) is 10.9 Å². The van der Waals surface area contributed by atoms with Crippen LogP contribution in [0, 0.1) is 23.2 Å². The van der Waals surface area contributed by atoms with Crippen molar-refractivity contribution in [1.82, 2.24) is 14.5 Å². The minimum absolute atomic E-state index is 0.0719. The summed E-state index contributed by atoms with van der Waals surface area (Å²) in [5, 5.41) is -0.109. The van der Waals surface area contributed by atoms with E-state index in [9.17, 15) is 18.0 Å². The van der Waals surface area contributed by atoms with Crippen LogP contribution in [0.2, 0.25) is 5.02 Å². The average Bonchev–Trinajstić information content (AvgIpc) is 3.11. The molecule has 1 unspecified atom stereocenters. The van der Waals surface area contributed by atoms with E-state index in [2.05, 4.69) is 26.7 Å². The van der Waals surface area contributed by atoms with Gasteiger partial charge in [0.15, 0.2) is 0 Å². The Morgan fingerprint density at radius 3 is 2.50 bits per heavy atom. The lowest BCUT2D eigenvalue weighted by atomic mass is 9.63. The molecule has 2 saturated heterocycles. The molecule has 5 aliphatic rings. The van der Waals surface area contributed by atoms with Crippen LogP contribution in [0.1, 0.15) is 88.2 Å². The minimum Gasteiger partial charge on any atom is -0.487 e. The number of nitrogens with one attached hydrogen (secondary N) is 1. The highest BCUT2D eigenvalue weighted by Crippen LogP contribution is 2.49. The second-order valence-corrected chi connectivity index (χ2v) is 20.6. The number of likely N-dealkylation sites (tertiary alicyclic amines) is 2. The summed E-state index contributed by atoms with van der Waals surface area (Å²) in [7, 11) is -2.18. The molecule has 7 rings (SSSR count). The van der Waals surface area contributed by atoms with Crippen LogP contribution in [-0.4, -0.2) is 99.6 Å². The summed E-state index contributed by atoms with van der Waals surface area (Å²) in [6.45, 7) is 14.9. The standard InChI is InChI=1S/C43H59ClN4O7S/c1-29-10-9-18-43(53-6,28-46-24-42(25-46)26-48(27-42)40(50)55-41(3,4)5)36-16-13-33(36)22-47-19-8-7-11-31-20-35(44)15-12-34(31)23-54-38-17-14-32(21-37(38)47)39(49)45-56(51,52)30(29)2/h9,12,14-15,17-18,20-21,29-30,33,36H,7-8,10-11,13,16,19,22-28H2,1-6H3,(H,45,49)/b18-9+/t29-,30+,33-,36?,43+/m0/s1. The Morgan fingerprint density at radius 2 is 1.80 bits per heavy atom. The van der Waals surface area contributed by atoms with E-state index in [0.29, 0.717) is 49.4 Å². The Kier molecular flexibility index (Phi) is 11.5. The highest BCUT2D eigenvalue weighted by molar-refractivity contribution is 7.90. The Labute approximate surface area is 338 Å². The topological polar surface area (TPSA) is 118 Å². The van der Waals surface area contributed by atoms with Gasteiger partial charge in [0.1, 0.15) is 23.6 Å². The van der Waals surface area contributed by atoms with Crippen molar-refractivity contribution in [1.29, 1.82) is 0 Å². The van der Waals surface area contributed by atoms with Gasteiger partial charge < -0.3 is 24.0 Å². The molecule has 5 atom stereocenters. The molecule has 56 heavy (non-hydrogen) atoms. The van der Waals surface area contributed by atoms with E-state index in [1.54, 1.807) is 37.1 Å². The first kappa shape index (κ1) is 40.9. The van der Waals surface area contributed by atoms with Gasteiger partial charge in [0, 0.05) is 68.9 Å². The molecule has 0 radical (unpaired) electrons. The summed E-state index contributed by atoms with van der Waals surface area (Å²) in [4.78, 5) is 32.9. The van der Waals surface area contributed by atoms with Crippen LogP contribution < -0.4 is 14.4 Å². The maximum absolute atomic E-state index is 13.6. The number of methoxy groups -OCH3 is 1. The van der Waals surface area contributed by atoms with Crippen molar-refractivity contribution in [2.75, 3.05) is 57.8 Å². The van der Waals surface area contributed by atoms with Crippen molar-refractivity contribution >= 4 is 39.3 Å². The zero-order chi connectivity index (χ0) is 40.0. The van der Waals surface area contributed by atoms with E-state index in [0.717, 1.165) is 69.5 Å². The third-order valence-electron chi connectivity index (χ3n) is 12.8. The molecule has 2 amide bonds. The summed E-state index contributed by atoms with van der Waals surface area (Å²) in [6, 6.07) is 11.2. The Balaban J connectivity index is 1.18. The fraction of sp³-hybridized carbons (Fsp3) is 0.628. The number of benzene rings is 2. The predicted octanol–water partition coefficient (Wildman–Crippen LogP) is 7.07. The number of nitrogens with zero attached hydrogens (tertiary/aromatic N) is 3. The molecule has 1 N–H and O–H groups in total. The van der Waals surface area contributed by atoms with E-state index in [4.69, 9.17) is 25.8 Å². The lowest BCUT2D eigenvalue weighted by Gasteiger charge is -2.62. The molecule has 2 aromatic rings. The van der Waals surface area contributed by atoms with E-state index >= 15 is 0 Å². The molecule has 13 heteroatoms. The summed E-state index contributed by atoms with van der Waals surface area (Å²) in [5.41, 5.74) is 2.26. The largest absolute Gasteiger partial charge is 0.487 e. The SMILES string of the molecule is CO[C@@]1(CN2CC3(C2)CN(C(=O)OC(C)(C)C)C3)/C=C/C[C@H](C)[C@@H](C)S(=O)(=O)NC(=O)c2ccc3c(c2)N(CCCCc2cc(Cl)ccc2CO3)C[C@@H]2CCC21. The Hall–Kier alpha value is -3.32. The van der Waals surface area contributed by atoms with Crippen molar-refractivity contribution in [2.24, 2.45) is 23.2 Å². The smallest absolute Gasteiger partial charge is 0.410 e. The second-order valence-electron chi connectivity index (χ2n) is 18.2. The van der Waals surface area contributed by atoms with Gasteiger partial charge in [0.25, 0.3) is 5.91 Å². The highest BCUT2D eigenvalue weighted by atomic mass is 35.5. The van der Waals surface area contributed by atoms with Crippen LogP contribution >= 0.6 is 11.6 Å². The number of hydrogen-bond donors (Lipinski definition) is 1. The van der Waals surface area contributed by atoms with Gasteiger partial charge in [-0.25, -0.2) is 17.9 Å². The number of ether oxygens (including phenoxy) is 3. The lowest BCUT2D eigenvalue weighted by molar-refractivity contribution is -0.152. The normalized spacial score (nSPS) is 29.8. The first-order valence-corrected chi connectivity index (χ1v) is 22.2. The van der Waals surface area contributed by atoms with E-state index in [-0.39, 0.29) is 28.9 Å². The van der Waals surface area contributed by atoms with Crippen molar-refractivity contribution < 1.29 is 32.2 Å². The summed E-state index contributed by atoms with van der Waals surface area (Å²) in [6.07, 6.45) is 9.35. The minimum atomic E-state index is -3.99. The molecule has 2 bridgehead atoms. The molecule has 4 aliphatic heterocycles. The van der Waals surface area contributed by atoms with E-state index in [1.165, 1.54) is 5.56 Å². The highest BCUT2D eigenvalue weighted by Gasteiger charge is 2.57. The number of anilines is 1. The fourth-order valence-corrected chi connectivity index (χ4v) is 10.9. The monoisotopic (exact) mass is 810 g/mol. The van der Waals surface area contributed by atoms with Gasteiger partial charge in [0.2, 0.25) is 10.0 Å². The number of aryl methyl sites for hydroxylation is 1. The summed E-state index contributed by atoms with van der Waals surface area (Å²) >= 11 is 6.41. The van der Waals surface area contributed by atoms with Crippen LogP contribution in [0.5, 0.6) is 5.75 Å². The van der Waals surface area contributed by atoms with Gasteiger partial charge in [-0.3, -0.25) is 9.69 Å². The number of carbonyl (C=O) groups is 2. The zero-order valence-corrected chi connectivity index (χ0v) is 35.4. The number of amides is 2. The summed E-state index contributed by atoms with van der Waals surface area (Å²) < 4.78 is 48.4. The zero-order valence-electron chi connectivity index (χ0n) is 33.8. The fourth-order valence-electron chi connectivity index (χ4n) is 9.41. The number of hydrogen-bond acceptors (Lipinski definition) is 9. The van der Waals surface area contributed by atoms with Crippen molar-refractivity contribution in [3.63, 3.8) is 0 Å². The number of allylic oxidation sites excluding steroid dienone is 1. The molecule has 1 aliphatic carbocycles. The van der Waals surface area contributed by atoms with Crippen LogP contribution in [0.4, 0.5) is 10.5 Å². The molecule has 1 saturated carbocycles. The van der Waals surface area contributed by atoms with Gasteiger partial charge in [-0.2, -0.15) is 0 Å². The number of halogens is 1. The molecule has 4 heterocycles. The Bertz CT molecular complexity index is 1940. The molecule has 3 fully saturated rings. The van der Waals surface area contributed by atoms with Crippen molar-refractivity contribution in [2.45, 2.75) is 96.2 Å². The molecule has 11 nitrogen and oxygen atoms in total. The number of sulfonamides is 1. The van der Waals surface area contributed by atoms with Gasteiger partial charge in [-0.05, 0) is 125 Å². The molecule has 0 aromatic heterocycles. The Morgan fingerprint density at radius 1 is 1.04 bits per heavy atom. The third-order valence-corrected chi connectivity index (χ3v) is 15.0. The average molecular weight is 811 g/mol. The quantitative estimate of drug-likeness (QED) is 0.325. The molecule has 306 valence electrons. The maximum atomic E-state index is 13.6. The number of carbonyl (C=O) groups excluding carboxylic acids is 2. The van der Waals surface area contributed by atoms with E-state index < -0.39 is 32.4 Å². The molecular weight excluding hydrogens is 752 g/mol. The van der Waals surface area contributed by atoms with Gasteiger partial charge in [-0.15, -0.1) is 0 Å². The van der Waals surface area contributed by atoms with Crippen molar-refractivity contribution in [3.05, 3.63) is 70.3 Å². The number of rotatable bonds is 3. The molecule has 2 aromatic carbocycles. The second kappa shape index (κ2) is 15.8. The van der Waals surface area contributed by atoms with Crippen LogP contribution in [0.3, 0.4) is 0 Å². The van der Waals surface area contributed by atoms with E-state index in [1.807, 2.05) is 45.9 Å². The summed E-state index contributed by atoms with van der Waals surface area (Å²) in [5.74, 6) is 0.265. The molecule has 1 spiro atoms. The molecular formula is C43H59ClN4O7S. The van der Waals surface area contributed by atoms with Crippen LogP contribution in [0.25, 0.3) is 0 Å². The lowest BCUT2D eigenvalue weighted by Crippen LogP contribution is -2.74. The first-order valence-electron chi connectivity index (χ1n) is 20.3. The van der Waals surface area contributed by atoms with Gasteiger partial charge in [-0.1, -0.05) is 36.7 Å². The maximum Gasteiger partial charge on any atom is 0.410 e. The van der Waals surface area contributed by atoms with Gasteiger partial charge >= 0.3 is 6.09 Å².